The van der Waals surface area contributed by atoms with Gasteiger partial charge in [-0.05, 0) is 18.6 Å². The monoisotopic (exact) mass is 172 g/mol. The van der Waals surface area contributed by atoms with Crippen molar-refractivity contribution in [2.75, 3.05) is 0 Å². The Hall–Kier alpha value is -1.64. The van der Waals surface area contributed by atoms with Crippen molar-refractivity contribution in [2.45, 2.75) is 13.3 Å². The van der Waals surface area contributed by atoms with E-state index in [9.17, 15) is 0 Å². The molecule has 0 unspecified atom stereocenters. The first-order valence-electron chi connectivity index (χ1n) is 4.29. The first kappa shape index (κ1) is 7.98. The van der Waals surface area contributed by atoms with Gasteiger partial charge in [-0.1, -0.05) is 25.1 Å². The van der Waals surface area contributed by atoms with Crippen LogP contribution < -0.4 is 0 Å². The van der Waals surface area contributed by atoms with E-state index in [4.69, 9.17) is 0 Å². The summed E-state index contributed by atoms with van der Waals surface area (Å²) >= 11 is 0. The van der Waals surface area contributed by atoms with Crippen LogP contribution in [0.25, 0.3) is 5.69 Å². The molecular formula is C10H10N3. The van der Waals surface area contributed by atoms with Crippen molar-refractivity contribution in [1.29, 1.82) is 0 Å². The molecule has 1 aromatic heterocycles. The lowest BCUT2D eigenvalue weighted by molar-refractivity contribution is 0.739. The molecule has 0 fully saturated rings. The molecule has 65 valence electrons. The second-order valence-electron chi connectivity index (χ2n) is 2.74. The van der Waals surface area contributed by atoms with E-state index < -0.39 is 0 Å². The molecule has 0 aliphatic rings. The Morgan fingerprint density at radius 1 is 1.31 bits per heavy atom. The summed E-state index contributed by atoms with van der Waals surface area (Å²) in [6, 6.07) is 9.83. The zero-order chi connectivity index (χ0) is 9.10. The number of nitrogens with zero attached hydrogens (tertiary/aromatic N) is 3. The van der Waals surface area contributed by atoms with E-state index in [1.807, 2.05) is 37.3 Å². The Kier molecular flexibility index (Phi) is 2.08. The van der Waals surface area contributed by atoms with Crippen LogP contribution in [0.15, 0.2) is 30.3 Å². The highest BCUT2D eigenvalue weighted by atomic mass is 15.5. The van der Waals surface area contributed by atoms with Gasteiger partial charge in [0.05, 0.1) is 11.4 Å². The first-order chi connectivity index (χ1) is 6.40. The zero-order valence-corrected chi connectivity index (χ0v) is 7.44. The van der Waals surface area contributed by atoms with Gasteiger partial charge in [-0.25, -0.2) is 0 Å². The van der Waals surface area contributed by atoms with Gasteiger partial charge in [0.2, 0.25) is 0 Å². The van der Waals surface area contributed by atoms with Gasteiger partial charge in [0.15, 0.2) is 0 Å². The quantitative estimate of drug-likeness (QED) is 0.689. The van der Waals surface area contributed by atoms with E-state index in [1.54, 1.807) is 4.80 Å². The Morgan fingerprint density at radius 3 is 2.69 bits per heavy atom. The van der Waals surface area contributed by atoms with Gasteiger partial charge in [-0.15, -0.1) is 5.10 Å². The van der Waals surface area contributed by atoms with Crippen molar-refractivity contribution in [3.63, 3.8) is 0 Å². The van der Waals surface area contributed by atoms with Crippen LogP contribution in [0.4, 0.5) is 0 Å². The molecule has 13 heavy (non-hydrogen) atoms. The summed E-state index contributed by atoms with van der Waals surface area (Å²) in [7, 11) is 0. The topological polar surface area (TPSA) is 30.7 Å². The molecule has 1 aromatic carbocycles. The second kappa shape index (κ2) is 3.39. The van der Waals surface area contributed by atoms with Crippen molar-refractivity contribution in [1.82, 2.24) is 15.0 Å². The maximum absolute atomic E-state index is 4.25. The SMILES string of the molecule is CCc1[c]nn(-c2ccccc2)n1. The summed E-state index contributed by atoms with van der Waals surface area (Å²) in [5.74, 6) is 0. The Morgan fingerprint density at radius 2 is 2.08 bits per heavy atom. The Balaban J connectivity index is 2.36. The number of aromatic nitrogens is 3. The molecule has 0 bridgehead atoms. The van der Waals surface area contributed by atoms with Crippen LogP contribution in [-0.4, -0.2) is 15.0 Å². The van der Waals surface area contributed by atoms with Gasteiger partial charge in [-0.3, -0.25) is 0 Å². The van der Waals surface area contributed by atoms with E-state index in [2.05, 4.69) is 16.4 Å². The maximum atomic E-state index is 4.25. The van der Waals surface area contributed by atoms with Crippen LogP contribution in [0.3, 0.4) is 0 Å². The molecule has 0 aliphatic heterocycles. The highest BCUT2D eigenvalue weighted by Crippen LogP contribution is 2.03. The zero-order valence-electron chi connectivity index (χ0n) is 7.44. The number of rotatable bonds is 2. The van der Waals surface area contributed by atoms with Crippen LogP contribution in [0, 0.1) is 6.20 Å². The maximum Gasteiger partial charge on any atom is 0.138 e. The third kappa shape index (κ3) is 1.59. The summed E-state index contributed by atoms with van der Waals surface area (Å²) in [6.45, 7) is 2.04. The molecule has 2 rings (SSSR count). The lowest BCUT2D eigenvalue weighted by Gasteiger charge is -1.96. The average molecular weight is 172 g/mol. The van der Waals surface area contributed by atoms with Crippen LogP contribution in [0.2, 0.25) is 0 Å². The summed E-state index contributed by atoms with van der Waals surface area (Å²) < 4.78 is 0. The number of benzene rings is 1. The molecule has 2 aromatic rings. The largest absolute Gasteiger partial charge is 0.153 e. The Labute approximate surface area is 77.0 Å². The van der Waals surface area contributed by atoms with Gasteiger partial charge in [0, 0.05) is 0 Å². The van der Waals surface area contributed by atoms with Gasteiger partial charge in [0.25, 0.3) is 0 Å². The van der Waals surface area contributed by atoms with Crippen LogP contribution >= 0.6 is 0 Å². The minimum Gasteiger partial charge on any atom is -0.153 e. The molecule has 0 N–H and O–H groups in total. The predicted molar refractivity (Wildman–Crippen MR) is 49.6 cm³/mol. The third-order valence-corrected chi connectivity index (χ3v) is 1.81. The van der Waals surface area contributed by atoms with E-state index in [-0.39, 0.29) is 0 Å². The molecular weight excluding hydrogens is 162 g/mol. The van der Waals surface area contributed by atoms with Gasteiger partial charge >= 0.3 is 0 Å². The molecule has 0 saturated heterocycles. The van der Waals surface area contributed by atoms with Gasteiger partial charge < -0.3 is 0 Å². The highest BCUT2D eigenvalue weighted by molar-refractivity contribution is 5.28. The average Bonchev–Trinajstić information content (AvgIpc) is 2.67. The predicted octanol–water partition coefficient (Wildman–Crippen LogP) is 1.63. The van der Waals surface area contributed by atoms with Gasteiger partial charge in [0.1, 0.15) is 6.20 Å². The molecule has 0 spiro atoms. The van der Waals surface area contributed by atoms with E-state index in [0.717, 1.165) is 17.8 Å². The molecule has 3 heteroatoms. The van der Waals surface area contributed by atoms with Crippen molar-refractivity contribution >= 4 is 0 Å². The molecule has 3 nitrogen and oxygen atoms in total. The van der Waals surface area contributed by atoms with Crippen molar-refractivity contribution in [2.24, 2.45) is 0 Å². The molecule has 1 heterocycles. The first-order valence-corrected chi connectivity index (χ1v) is 4.29. The Bertz CT molecular complexity index is 378. The molecule has 0 saturated carbocycles. The van der Waals surface area contributed by atoms with E-state index in [0.29, 0.717) is 0 Å². The number of hydrogen-bond donors (Lipinski definition) is 0. The van der Waals surface area contributed by atoms with Crippen molar-refractivity contribution in [3.8, 4) is 5.69 Å². The summed E-state index contributed by atoms with van der Waals surface area (Å²) in [4.78, 5) is 1.60. The molecule has 1 radical (unpaired) electrons. The smallest absolute Gasteiger partial charge is 0.138 e. The highest BCUT2D eigenvalue weighted by Gasteiger charge is 1.99. The second-order valence-corrected chi connectivity index (χ2v) is 2.74. The fraction of sp³-hybridized carbons (Fsp3) is 0.200. The summed E-state index contributed by atoms with van der Waals surface area (Å²) in [5, 5.41) is 8.29. The van der Waals surface area contributed by atoms with Crippen molar-refractivity contribution < 1.29 is 0 Å². The standard InChI is InChI=1S/C10H10N3/c1-2-9-8-11-13(12-9)10-6-4-3-5-7-10/h3-7H,2H2,1H3. The summed E-state index contributed by atoms with van der Waals surface area (Å²) in [6.07, 6.45) is 3.72. The van der Waals surface area contributed by atoms with E-state index in [1.165, 1.54) is 0 Å². The minimum absolute atomic E-state index is 0.868. The molecule has 0 atom stereocenters. The summed E-state index contributed by atoms with van der Waals surface area (Å²) in [5.41, 5.74) is 1.86. The normalized spacial score (nSPS) is 10.2. The van der Waals surface area contributed by atoms with Crippen LogP contribution in [-0.2, 0) is 6.42 Å². The fourth-order valence-corrected chi connectivity index (χ4v) is 1.09. The van der Waals surface area contributed by atoms with Crippen molar-refractivity contribution in [3.05, 3.63) is 42.2 Å². The lowest BCUT2D eigenvalue weighted by atomic mass is 10.3. The third-order valence-electron chi connectivity index (χ3n) is 1.81. The number of aryl methyl sites for hydroxylation is 1. The van der Waals surface area contributed by atoms with Crippen LogP contribution in [0.5, 0.6) is 0 Å². The molecule has 0 amide bonds. The van der Waals surface area contributed by atoms with Crippen LogP contribution in [0.1, 0.15) is 12.6 Å². The number of hydrogen-bond acceptors (Lipinski definition) is 2. The fourth-order valence-electron chi connectivity index (χ4n) is 1.09. The van der Waals surface area contributed by atoms with Gasteiger partial charge in [-0.2, -0.15) is 9.90 Å². The van der Waals surface area contributed by atoms with E-state index >= 15 is 0 Å². The lowest BCUT2D eigenvalue weighted by Crippen LogP contribution is -1.98. The minimum atomic E-state index is 0.868. The number of para-hydroxylation sites is 1. The molecule has 0 aliphatic carbocycles.